The van der Waals surface area contributed by atoms with E-state index in [9.17, 15) is 4.79 Å². The van der Waals surface area contributed by atoms with Gasteiger partial charge in [0.1, 0.15) is 0 Å². The van der Waals surface area contributed by atoms with Crippen molar-refractivity contribution in [2.24, 2.45) is 5.41 Å². The number of hydrogen-bond donors (Lipinski definition) is 0. The van der Waals surface area contributed by atoms with Crippen molar-refractivity contribution in [3.8, 4) is 0 Å². The second-order valence-electron chi connectivity index (χ2n) is 6.76. The Balaban J connectivity index is 2.27. The van der Waals surface area contributed by atoms with E-state index in [1.807, 2.05) is 6.92 Å². The zero-order valence-corrected chi connectivity index (χ0v) is 11.9. The third-order valence-electron chi connectivity index (χ3n) is 5.75. The average molecular weight is 243 g/mol. The monoisotopic (exact) mass is 243 g/mol. The molecule has 0 amide bonds. The first-order chi connectivity index (χ1) is 8.29. The minimum absolute atomic E-state index is 0.133. The Bertz CT molecular complexity index is 558. The van der Waals surface area contributed by atoms with Gasteiger partial charge >= 0.3 is 0 Å². The normalized spacial score (nSPS) is 31.5. The second-order valence-corrected chi connectivity index (χ2v) is 6.76. The van der Waals surface area contributed by atoms with Crippen molar-refractivity contribution in [2.45, 2.75) is 58.8 Å². The van der Waals surface area contributed by atoms with Gasteiger partial charge in [0, 0.05) is 16.7 Å². The standard InChI is InChI=1S/C16H21NO/c1-9-11(10(2)18)8-12-13-6-7-16(5,14(12)17-9)15(13,3)4/h8,13H,6-7H2,1-5H3/t13-,16+/m1/s1. The van der Waals surface area contributed by atoms with Crippen molar-refractivity contribution in [3.63, 3.8) is 0 Å². The molecule has 1 aromatic heterocycles. The van der Waals surface area contributed by atoms with Gasteiger partial charge in [0.15, 0.2) is 5.78 Å². The second kappa shape index (κ2) is 3.23. The Kier molecular flexibility index (Phi) is 2.13. The lowest BCUT2D eigenvalue weighted by Crippen LogP contribution is -2.32. The predicted molar refractivity (Wildman–Crippen MR) is 72.1 cm³/mol. The van der Waals surface area contributed by atoms with Crippen molar-refractivity contribution in [1.82, 2.24) is 4.98 Å². The molecule has 2 nitrogen and oxygen atoms in total. The number of ketones is 1. The zero-order chi connectivity index (χ0) is 13.3. The smallest absolute Gasteiger partial charge is 0.161 e. The van der Waals surface area contributed by atoms with Gasteiger partial charge in [-0.1, -0.05) is 20.8 Å². The van der Waals surface area contributed by atoms with Crippen LogP contribution in [0.15, 0.2) is 6.07 Å². The van der Waals surface area contributed by atoms with Gasteiger partial charge in [-0.3, -0.25) is 9.78 Å². The predicted octanol–water partition coefficient (Wildman–Crippen LogP) is 3.77. The van der Waals surface area contributed by atoms with Crippen LogP contribution in [0.2, 0.25) is 0 Å². The molecule has 2 heteroatoms. The lowest BCUT2D eigenvalue weighted by molar-refractivity contribution is 0.101. The molecular weight excluding hydrogens is 222 g/mol. The summed E-state index contributed by atoms with van der Waals surface area (Å²) in [5.74, 6) is 0.706. The Hall–Kier alpha value is -1.18. The van der Waals surface area contributed by atoms with Crippen LogP contribution < -0.4 is 0 Å². The molecule has 2 aliphatic carbocycles. The molecule has 0 aromatic carbocycles. The Morgan fingerprint density at radius 1 is 1.39 bits per heavy atom. The lowest BCUT2D eigenvalue weighted by Gasteiger charge is -2.34. The molecule has 18 heavy (non-hydrogen) atoms. The largest absolute Gasteiger partial charge is 0.294 e. The summed E-state index contributed by atoms with van der Waals surface area (Å²) in [5, 5.41) is 0. The number of pyridine rings is 1. The van der Waals surface area contributed by atoms with E-state index in [0.29, 0.717) is 5.92 Å². The fourth-order valence-corrected chi connectivity index (χ4v) is 4.15. The summed E-state index contributed by atoms with van der Waals surface area (Å²) in [6, 6.07) is 2.12. The Labute approximate surface area is 109 Å². The van der Waals surface area contributed by atoms with E-state index in [2.05, 4.69) is 26.8 Å². The Morgan fingerprint density at radius 3 is 2.67 bits per heavy atom. The van der Waals surface area contributed by atoms with Crippen molar-refractivity contribution in [2.75, 3.05) is 0 Å². The van der Waals surface area contributed by atoms with Crippen LogP contribution >= 0.6 is 0 Å². The minimum atomic E-state index is 0.133. The van der Waals surface area contributed by atoms with Crippen molar-refractivity contribution in [1.29, 1.82) is 0 Å². The summed E-state index contributed by atoms with van der Waals surface area (Å²) in [4.78, 5) is 16.5. The maximum absolute atomic E-state index is 11.7. The van der Waals surface area contributed by atoms with Gasteiger partial charge in [-0.05, 0) is 49.7 Å². The van der Waals surface area contributed by atoms with Crippen molar-refractivity contribution in [3.05, 3.63) is 28.6 Å². The number of rotatable bonds is 1. The fraction of sp³-hybridized carbons (Fsp3) is 0.625. The third-order valence-corrected chi connectivity index (χ3v) is 5.75. The van der Waals surface area contributed by atoms with Gasteiger partial charge < -0.3 is 0 Å². The molecule has 96 valence electrons. The maximum atomic E-state index is 11.7. The van der Waals surface area contributed by atoms with Crippen LogP contribution in [-0.4, -0.2) is 10.8 Å². The highest BCUT2D eigenvalue weighted by atomic mass is 16.1. The highest BCUT2D eigenvalue weighted by Gasteiger charge is 2.60. The highest BCUT2D eigenvalue weighted by Crippen LogP contribution is 2.67. The van der Waals surface area contributed by atoms with Gasteiger partial charge in [-0.25, -0.2) is 0 Å². The van der Waals surface area contributed by atoms with E-state index in [1.165, 1.54) is 24.1 Å². The fourth-order valence-electron chi connectivity index (χ4n) is 4.15. The summed E-state index contributed by atoms with van der Waals surface area (Å²) in [6.45, 7) is 10.7. The molecule has 1 heterocycles. The highest BCUT2D eigenvalue weighted by molar-refractivity contribution is 5.95. The first-order valence-corrected chi connectivity index (χ1v) is 6.82. The van der Waals surface area contributed by atoms with E-state index in [4.69, 9.17) is 4.98 Å². The van der Waals surface area contributed by atoms with Gasteiger partial charge in [0.25, 0.3) is 0 Å². The third kappa shape index (κ3) is 1.14. The summed E-state index contributed by atoms with van der Waals surface area (Å²) >= 11 is 0. The molecule has 1 saturated carbocycles. The van der Waals surface area contributed by atoms with E-state index in [0.717, 1.165) is 11.3 Å². The molecule has 0 aliphatic heterocycles. The molecule has 0 spiro atoms. The first kappa shape index (κ1) is 11.9. The zero-order valence-electron chi connectivity index (χ0n) is 11.9. The van der Waals surface area contributed by atoms with Crippen LogP contribution in [0, 0.1) is 12.3 Å². The molecule has 3 rings (SSSR count). The van der Waals surface area contributed by atoms with Gasteiger partial charge in [-0.2, -0.15) is 0 Å². The number of aryl methyl sites for hydroxylation is 1. The van der Waals surface area contributed by atoms with Crippen LogP contribution in [0.1, 0.15) is 73.8 Å². The van der Waals surface area contributed by atoms with Crippen LogP contribution in [0.3, 0.4) is 0 Å². The molecule has 0 N–H and O–H groups in total. The lowest BCUT2D eigenvalue weighted by atomic mass is 9.70. The van der Waals surface area contributed by atoms with Gasteiger partial charge in [0.05, 0.1) is 5.69 Å². The summed E-state index contributed by atoms with van der Waals surface area (Å²) in [7, 11) is 0. The number of fused-ring (bicyclic) bond motifs is 5. The quantitative estimate of drug-likeness (QED) is 0.703. The van der Waals surface area contributed by atoms with E-state index in [-0.39, 0.29) is 16.6 Å². The van der Waals surface area contributed by atoms with E-state index < -0.39 is 0 Å². The minimum Gasteiger partial charge on any atom is -0.294 e. The molecule has 0 radical (unpaired) electrons. The maximum Gasteiger partial charge on any atom is 0.161 e. The van der Waals surface area contributed by atoms with Crippen LogP contribution in [-0.2, 0) is 5.41 Å². The average Bonchev–Trinajstić information content (AvgIpc) is 2.59. The summed E-state index contributed by atoms with van der Waals surface area (Å²) < 4.78 is 0. The van der Waals surface area contributed by atoms with Crippen LogP contribution in [0.25, 0.3) is 0 Å². The SMILES string of the molecule is CC(=O)c1cc2c(nc1C)[C@]1(C)CC[C@H]2C1(C)C. The Morgan fingerprint density at radius 2 is 2.06 bits per heavy atom. The first-order valence-electron chi connectivity index (χ1n) is 6.82. The van der Waals surface area contributed by atoms with Crippen LogP contribution in [0.4, 0.5) is 0 Å². The molecule has 0 saturated heterocycles. The summed E-state index contributed by atoms with van der Waals surface area (Å²) in [5.41, 5.74) is 4.75. The topological polar surface area (TPSA) is 30.0 Å². The molecule has 1 aromatic rings. The van der Waals surface area contributed by atoms with Crippen LogP contribution in [0.5, 0.6) is 0 Å². The molecule has 2 aliphatic rings. The number of carbonyl (C=O) groups excluding carboxylic acids is 1. The van der Waals surface area contributed by atoms with Crippen molar-refractivity contribution >= 4 is 5.78 Å². The number of nitrogens with zero attached hydrogens (tertiary/aromatic N) is 1. The van der Waals surface area contributed by atoms with Gasteiger partial charge in [0.2, 0.25) is 0 Å². The molecule has 1 fully saturated rings. The van der Waals surface area contributed by atoms with E-state index in [1.54, 1.807) is 6.92 Å². The number of aromatic nitrogens is 1. The van der Waals surface area contributed by atoms with Gasteiger partial charge in [-0.15, -0.1) is 0 Å². The van der Waals surface area contributed by atoms with E-state index >= 15 is 0 Å². The van der Waals surface area contributed by atoms with Crippen molar-refractivity contribution < 1.29 is 4.79 Å². The number of carbonyl (C=O) groups is 1. The summed E-state index contributed by atoms with van der Waals surface area (Å²) in [6.07, 6.45) is 2.46. The molecule has 2 bridgehead atoms. The molecule has 2 atom stereocenters. The number of Topliss-reactive ketones (excluding diaryl/α,β-unsaturated/α-hetero) is 1. The number of hydrogen-bond acceptors (Lipinski definition) is 2. The molecule has 0 unspecified atom stereocenters. The molecular formula is C16H21NO.